The molecule has 5 aromatic rings. The fourth-order valence-corrected chi connectivity index (χ4v) is 8.72. The number of benzene rings is 5. The van der Waals surface area contributed by atoms with Crippen LogP contribution in [0, 0.1) is 0 Å². The lowest BCUT2D eigenvalue weighted by atomic mass is 9.94. The molecule has 2 N–H and O–H groups in total. The SMILES string of the molecule is COc1ccc([C@@H]2CC(c3cc(C4=Nc5ccccc5S[C@@H](c5ccc(OC)c(OC)c5)C4)c(O)cc3O)=Nc3ccccc3S2)cc1OC. The number of thioether (sulfide) groups is 2. The van der Waals surface area contributed by atoms with Crippen LogP contribution in [0.2, 0.25) is 0 Å². The van der Waals surface area contributed by atoms with Crippen molar-refractivity contribution in [2.45, 2.75) is 33.1 Å². The molecule has 0 saturated heterocycles. The minimum Gasteiger partial charge on any atom is -0.507 e. The van der Waals surface area contributed by atoms with Gasteiger partial charge in [0.05, 0.1) is 51.2 Å². The van der Waals surface area contributed by atoms with E-state index in [1.54, 1.807) is 52.0 Å². The van der Waals surface area contributed by atoms with E-state index < -0.39 is 0 Å². The molecular formula is C40H36N2O6S2. The summed E-state index contributed by atoms with van der Waals surface area (Å²) in [7, 11) is 6.50. The predicted molar refractivity (Wildman–Crippen MR) is 201 cm³/mol. The Balaban J connectivity index is 1.33. The molecule has 0 radical (unpaired) electrons. The van der Waals surface area contributed by atoms with Crippen LogP contribution in [0.3, 0.4) is 0 Å². The van der Waals surface area contributed by atoms with Crippen molar-refractivity contribution in [1.82, 2.24) is 0 Å². The van der Waals surface area contributed by atoms with Crippen molar-refractivity contribution in [2.75, 3.05) is 28.4 Å². The summed E-state index contributed by atoms with van der Waals surface area (Å²) in [5, 5.41) is 22.7. The summed E-state index contributed by atoms with van der Waals surface area (Å²) < 4.78 is 22.3. The molecule has 50 heavy (non-hydrogen) atoms. The van der Waals surface area contributed by atoms with Crippen LogP contribution in [0.5, 0.6) is 34.5 Å². The minimum atomic E-state index is -0.0547. The molecule has 8 nitrogen and oxygen atoms in total. The zero-order valence-corrected chi connectivity index (χ0v) is 29.7. The third kappa shape index (κ3) is 6.60. The van der Waals surface area contributed by atoms with Crippen molar-refractivity contribution in [3.05, 3.63) is 119 Å². The molecule has 0 aliphatic carbocycles. The summed E-state index contributed by atoms with van der Waals surface area (Å²) in [5.74, 6) is 2.48. The largest absolute Gasteiger partial charge is 0.507 e. The topological polar surface area (TPSA) is 102 Å². The summed E-state index contributed by atoms with van der Waals surface area (Å²) >= 11 is 3.43. The van der Waals surface area contributed by atoms with Gasteiger partial charge in [-0.05, 0) is 65.7 Å². The highest BCUT2D eigenvalue weighted by molar-refractivity contribution is 8.00. The number of phenols is 2. The van der Waals surface area contributed by atoms with Crippen molar-refractivity contribution in [3.63, 3.8) is 0 Å². The Bertz CT molecular complexity index is 1990. The number of fused-ring (bicyclic) bond motifs is 2. The molecule has 0 saturated carbocycles. The van der Waals surface area contributed by atoms with Crippen molar-refractivity contribution in [1.29, 1.82) is 0 Å². The van der Waals surface area contributed by atoms with E-state index >= 15 is 0 Å². The Kier molecular flexibility index (Phi) is 9.65. The second-order valence-corrected chi connectivity index (χ2v) is 14.3. The molecule has 0 bridgehead atoms. The van der Waals surface area contributed by atoms with E-state index in [1.807, 2.05) is 78.9 Å². The molecule has 254 valence electrons. The van der Waals surface area contributed by atoms with Gasteiger partial charge in [0.25, 0.3) is 0 Å². The van der Waals surface area contributed by atoms with Crippen LogP contribution >= 0.6 is 23.5 Å². The maximum Gasteiger partial charge on any atom is 0.161 e. The summed E-state index contributed by atoms with van der Waals surface area (Å²) in [5.41, 5.74) is 6.17. The highest BCUT2D eigenvalue weighted by Crippen LogP contribution is 2.50. The van der Waals surface area contributed by atoms with Crippen LogP contribution in [0.4, 0.5) is 11.4 Å². The van der Waals surface area contributed by atoms with E-state index in [2.05, 4.69) is 12.1 Å². The first-order valence-electron chi connectivity index (χ1n) is 16.1. The number of nitrogens with zero attached hydrogens (tertiary/aromatic N) is 2. The summed E-state index contributed by atoms with van der Waals surface area (Å²) in [6, 6.07) is 31.1. The van der Waals surface area contributed by atoms with E-state index in [0.717, 1.165) is 32.3 Å². The zero-order chi connectivity index (χ0) is 34.8. The molecule has 2 heterocycles. The molecule has 0 unspecified atom stereocenters. The first kappa shape index (κ1) is 33.4. The van der Waals surface area contributed by atoms with Gasteiger partial charge in [-0.25, -0.2) is 0 Å². The van der Waals surface area contributed by atoms with Crippen LogP contribution in [-0.4, -0.2) is 50.1 Å². The Hall–Kier alpha value is -5.06. The van der Waals surface area contributed by atoms with Crippen LogP contribution in [-0.2, 0) is 0 Å². The predicted octanol–water partition coefficient (Wildman–Crippen LogP) is 9.85. The second-order valence-electron chi connectivity index (χ2n) is 11.8. The lowest BCUT2D eigenvalue weighted by Gasteiger charge is -2.20. The second kappa shape index (κ2) is 14.4. The van der Waals surface area contributed by atoms with Gasteiger partial charge in [-0.3, -0.25) is 9.98 Å². The van der Waals surface area contributed by atoms with E-state index in [0.29, 0.717) is 58.4 Å². The lowest BCUT2D eigenvalue weighted by Crippen LogP contribution is -2.10. The molecule has 7 rings (SSSR count). The first-order chi connectivity index (χ1) is 24.4. The highest BCUT2D eigenvalue weighted by atomic mass is 32.2. The smallest absolute Gasteiger partial charge is 0.161 e. The molecule has 2 aliphatic heterocycles. The number of ether oxygens (including phenoxy) is 4. The van der Waals surface area contributed by atoms with Crippen LogP contribution in [0.1, 0.15) is 45.6 Å². The van der Waals surface area contributed by atoms with Crippen molar-refractivity contribution in [3.8, 4) is 34.5 Å². The average Bonchev–Trinajstić information content (AvgIpc) is 3.46. The van der Waals surface area contributed by atoms with Crippen molar-refractivity contribution >= 4 is 46.3 Å². The minimum absolute atomic E-state index is 0.0539. The third-order valence-corrected chi connectivity index (χ3v) is 11.5. The quantitative estimate of drug-likeness (QED) is 0.165. The van der Waals surface area contributed by atoms with Gasteiger partial charge in [0, 0.05) is 50.3 Å². The van der Waals surface area contributed by atoms with Crippen LogP contribution < -0.4 is 18.9 Å². The van der Waals surface area contributed by atoms with Gasteiger partial charge in [-0.15, -0.1) is 23.5 Å². The molecule has 0 amide bonds. The maximum absolute atomic E-state index is 11.4. The van der Waals surface area contributed by atoms with Crippen molar-refractivity contribution < 1.29 is 29.2 Å². The number of phenolic OH excluding ortho intramolecular Hbond substituents is 2. The van der Waals surface area contributed by atoms with Crippen molar-refractivity contribution in [2.24, 2.45) is 9.98 Å². The number of hydrogen-bond acceptors (Lipinski definition) is 10. The van der Waals surface area contributed by atoms with Crippen LogP contribution in [0.25, 0.3) is 0 Å². The number of hydrogen-bond donors (Lipinski definition) is 2. The standard InChI is InChI=1S/C40H36N2O6S2/c1-45-33-15-13-23(17-35(33)47-3)39-20-29(41-27-9-5-7-11-37(27)49-39)25-19-26(32(44)22-31(25)43)30-21-40(50-38-12-8-6-10-28(38)42-30)24-14-16-34(46-2)36(18-24)48-4/h5-19,22,39-40,43-44H,20-21H2,1-4H3/t39-,40+. The summed E-state index contributed by atoms with van der Waals surface area (Å²) in [6.45, 7) is 0. The monoisotopic (exact) mass is 704 g/mol. The molecule has 2 aliphatic rings. The number of aromatic hydroxyl groups is 2. The lowest BCUT2D eigenvalue weighted by molar-refractivity contribution is 0.354. The van der Waals surface area contributed by atoms with Crippen LogP contribution in [0.15, 0.2) is 117 Å². The van der Waals surface area contributed by atoms with Gasteiger partial charge in [-0.2, -0.15) is 0 Å². The number of rotatable bonds is 8. The van der Waals surface area contributed by atoms with Gasteiger partial charge < -0.3 is 29.2 Å². The Morgan fingerprint density at radius 2 is 0.940 bits per heavy atom. The fourth-order valence-electron chi connectivity index (χ4n) is 6.28. The number of para-hydroxylation sites is 2. The maximum atomic E-state index is 11.4. The van der Waals surface area contributed by atoms with E-state index in [4.69, 9.17) is 28.9 Å². The third-order valence-electron chi connectivity index (χ3n) is 8.83. The van der Waals surface area contributed by atoms with Gasteiger partial charge in [0.1, 0.15) is 11.5 Å². The molecule has 10 heteroatoms. The molecule has 0 spiro atoms. The fraction of sp³-hybridized carbons (Fsp3) is 0.200. The first-order valence-corrected chi connectivity index (χ1v) is 17.8. The highest BCUT2D eigenvalue weighted by Gasteiger charge is 2.29. The Morgan fingerprint density at radius 3 is 1.36 bits per heavy atom. The molecule has 2 atom stereocenters. The summed E-state index contributed by atoms with van der Waals surface area (Å²) in [6.07, 6.45) is 1.01. The molecule has 5 aromatic carbocycles. The molecular weight excluding hydrogens is 669 g/mol. The summed E-state index contributed by atoms with van der Waals surface area (Å²) in [4.78, 5) is 12.3. The Morgan fingerprint density at radius 1 is 0.520 bits per heavy atom. The number of aliphatic imine (C=N–C) groups is 2. The molecule has 0 aromatic heterocycles. The van der Waals surface area contributed by atoms with Gasteiger partial charge >= 0.3 is 0 Å². The average molecular weight is 705 g/mol. The van der Waals surface area contributed by atoms with Gasteiger partial charge in [-0.1, -0.05) is 36.4 Å². The Labute approximate surface area is 299 Å². The van der Waals surface area contributed by atoms with E-state index in [-0.39, 0.29) is 22.0 Å². The normalized spacial score (nSPS) is 16.9. The zero-order valence-electron chi connectivity index (χ0n) is 28.0. The number of methoxy groups -OCH3 is 4. The van der Waals surface area contributed by atoms with Gasteiger partial charge in [0.2, 0.25) is 0 Å². The van der Waals surface area contributed by atoms with E-state index in [1.165, 1.54) is 6.07 Å². The molecule has 0 fully saturated rings. The van der Waals surface area contributed by atoms with Gasteiger partial charge in [0.15, 0.2) is 23.0 Å². The van der Waals surface area contributed by atoms with E-state index in [9.17, 15) is 10.2 Å².